The molecule has 0 bridgehead atoms. The zero-order valence-corrected chi connectivity index (χ0v) is 17.1. The smallest absolute Gasteiger partial charge is 0.340 e. The minimum atomic E-state index is -0.584. The van der Waals surface area contributed by atoms with Gasteiger partial charge in [-0.1, -0.05) is 67.8 Å². The first-order valence-corrected chi connectivity index (χ1v) is 10.5. The van der Waals surface area contributed by atoms with E-state index in [-0.39, 0.29) is 18.0 Å². The summed E-state index contributed by atoms with van der Waals surface area (Å²) in [4.78, 5) is 24.4. The molecule has 0 aromatic heterocycles. The standard InChI is InChI=1S/C24H27ClO3/c1-2-5-17-8-10-18(11-9-17)19-12-14-20(15-13-19)23(26)16-28-24(27)21-6-3-4-7-22(21)25/h3-4,6-7,12-15,17-18H,2,5,8-11,16H2,1H3. The van der Waals surface area contributed by atoms with Gasteiger partial charge in [0.1, 0.15) is 0 Å². The number of hydrogen-bond donors (Lipinski definition) is 0. The van der Waals surface area contributed by atoms with E-state index in [1.165, 1.54) is 44.1 Å². The maximum Gasteiger partial charge on any atom is 0.340 e. The Bertz CT molecular complexity index is 805. The number of carbonyl (C=O) groups excluding carboxylic acids is 2. The van der Waals surface area contributed by atoms with Crippen LogP contribution < -0.4 is 0 Å². The summed E-state index contributed by atoms with van der Waals surface area (Å²) in [6.07, 6.45) is 7.68. The third-order valence-corrected chi connectivity index (χ3v) is 6.01. The molecule has 1 aliphatic carbocycles. The van der Waals surface area contributed by atoms with E-state index in [0.717, 1.165) is 5.92 Å². The molecule has 2 aromatic carbocycles. The van der Waals surface area contributed by atoms with Gasteiger partial charge in [0, 0.05) is 5.56 Å². The van der Waals surface area contributed by atoms with Crippen LogP contribution in [0.2, 0.25) is 5.02 Å². The van der Waals surface area contributed by atoms with Crippen LogP contribution in [0.3, 0.4) is 0 Å². The lowest BCUT2D eigenvalue weighted by Gasteiger charge is -2.28. The predicted molar refractivity (Wildman–Crippen MR) is 112 cm³/mol. The Hall–Kier alpha value is -2.13. The number of esters is 1. The highest BCUT2D eigenvalue weighted by molar-refractivity contribution is 6.33. The predicted octanol–water partition coefficient (Wildman–Crippen LogP) is 6.45. The molecule has 0 saturated heterocycles. The number of rotatable bonds is 7. The first kappa shape index (κ1) is 20.6. The second kappa shape index (κ2) is 9.88. The molecule has 0 heterocycles. The molecule has 0 spiro atoms. The van der Waals surface area contributed by atoms with Crippen LogP contribution in [-0.4, -0.2) is 18.4 Å². The van der Waals surface area contributed by atoms with Crippen LogP contribution in [0.5, 0.6) is 0 Å². The van der Waals surface area contributed by atoms with E-state index < -0.39 is 5.97 Å². The number of hydrogen-bond acceptors (Lipinski definition) is 3. The highest BCUT2D eigenvalue weighted by Gasteiger charge is 2.22. The molecular weight excluding hydrogens is 372 g/mol. The van der Waals surface area contributed by atoms with Crippen LogP contribution in [0.4, 0.5) is 0 Å². The second-order valence-corrected chi connectivity index (χ2v) is 8.01. The fourth-order valence-electron chi connectivity index (χ4n) is 4.05. The van der Waals surface area contributed by atoms with Gasteiger partial charge in [-0.25, -0.2) is 4.79 Å². The summed E-state index contributed by atoms with van der Waals surface area (Å²) in [6.45, 7) is 1.97. The van der Waals surface area contributed by atoms with Gasteiger partial charge in [-0.05, 0) is 55.2 Å². The number of carbonyl (C=O) groups is 2. The van der Waals surface area contributed by atoms with Crippen molar-refractivity contribution in [1.29, 1.82) is 0 Å². The Labute approximate surface area is 172 Å². The zero-order chi connectivity index (χ0) is 19.9. The summed E-state index contributed by atoms with van der Waals surface area (Å²) in [5, 5.41) is 0.318. The van der Waals surface area contributed by atoms with E-state index in [9.17, 15) is 9.59 Å². The van der Waals surface area contributed by atoms with Gasteiger partial charge in [-0.3, -0.25) is 4.79 Å². The summed E-state index contributed by atoms with van der Waals surface area (Å²) in [7, 11) is 0. The minimum Gasteiger partial charge on any atom is -0.454 e. The van der Waals surface area contributed by atoms with Crippen molar-refractivity contribution >= 4 is 23.4 Å². The van der Waals surface area contributed by atoms with Crippen LogP contribution >= 0.6 is 11.6 Å². The molecule has 0 atom stereocenters. The third-order valence-electron chi connectivity index (χ3n) is 5.68. The van der Waals surface area contributed by atoms with Crippen molar-refractivity contribution in [2.45, 2.75) is 51.4 Å². The van der Waals surface area contributed by atoms with E-state index in [4.69, 9.17) is 16.3 Å². The van der Waals surface area contributed by atoms with E-state index >= 15 is 0 Å². The number of ether oxygens (including phenoxy) is 1. The van der Waals surface area contributed by atoms with Crippen LogP contribution in [0, 0.1) is 5.92 Å². The molecule has 2 aromatic rings. The Morgan fingerprint density at radius 1 is 1.00 bits per heavy atom. The topological polar surface area (TPSA) is 43.4 Å². The molecule has 148 valence electrons. The first-order valence-electron chi connectivity index (χ1n) is 10.1. The number of ketones is 1. The molecule has 3 rings (SSSR count). The lowest BCUT2D eigenvalue weighted by atomic mass is 9.77. The van der Waals surface area contributed by atoms with Gasteiger partial charge >= 0.3 is 5.97 Å². The lowest BCUT2D eigenvalue weighted by molar-refractivity contribution is 0.0475. The molecule has 4 heteroatoms. The van der Waals surface area contributed by atoms with E-state index in [1.807, 2.05) is 24.3 Å². The molecule has 3 nitrogen and oxygen atoms in total. The molecule has 0 unspecified atom stereocenters. The molecule has 1 saturated carbocycles. The molecule has 0 amide bonds. The van der Waals surface area contributed by atoms with E-state index in [1.54, 1.807) is 24.3 Å². The molecule has 0 radical (unpaired) electrons. The summed E-state index contributed by atoms with van der Waals surface area (Å²) in [5.74, 6) is 0.684. The van der Waals surface area contributed by atoms with Gasteiger partial charge in [0.2, 0.25) is 0 Å². The summed E-state index contributed by atoms with van der Waals surface area (Å²) in [5.41, 5.74) is 2.14. The van der Waals surface area contributed by atoms with E-state index in [0.29, 0.717) is 16.5 Å². The van der Waals surface area contributed by atoms with Gasteiger partial charge in [-0.2, -0.15) is 0 Å². The maximum atomic E-state index is 12.4. The maximum absolute atomic E-state index is 12.4. The summed E-state index contributed by atoms with van der Waals surface area (Å²) < 4.78 is 5.13. The highest BCUT2D eigenvalue weighted by atomic mass is 35.5. The van der Waals surface area contributed by atoms with Crippen molar-refractivity contribution in [2.75, 3.05) is 6.61 Å². The normalized spacial score (nSPS) is 19.2. The largest absolute Gasteiger partial charge is 0.454 e. The Morgan fingerprint density at radius 3 is 2.32 bits per heavy atom. The summed E-state index contributed by atoms with van der Waals surface area (Å²) >= 11 is 5.98. The average Bonchev–Trinajstić information content (AvgIpc) is 2.73. The van der Waals surface area contributed by atoms with Crippen LogP contribution in [-0.2, 0) is 4.74 Å². The van der Waals surface area contributed by atoms with Gasteiger partial charge in [0.05, 0.1) is 10.6 Å². The van der Waals surface area contributed by atoms with Crippen LogP contribution in [0.15, 0.2) is 48.5 Å². The SMILES string of the molecule is CCCC1CCC(c2ccc(C(=O)COC(=O)c3ccccc3Cl)cc2)CC1. The third kappa shape index (κ3) is 5.23. The Balaban J connectivity index is 1.53. The molecule has 1 fully saturated rings. The number of Topliss-reactive ketones (excluding diaryl/α,β-unsaturated/α-hetero) is 1. The highest BCUT2D eigenvalue weighted by Crippen LogP contribution is 2.37. The Morgan fingerprint density at radius 2 is 1.68 bits per heavy atom. The van der Waals surface area contributed by atoms with Gasteiger partial charge in [0.25, 0.3) is 0 Å². The number of benzene rings is 2. The first-order chi connectivity index (χ1) is 13.6. The van der Waals surface area contributed by atoms with Crippen molar-refractivity contribution in [1.82, 2.24) is 0 Å². The minimum absolute atomic E-state index is 0.210. The quantitative estimate of drug-likeness (QED) is 0.397. The molecular formula is C24H27ClO3. The molecule has 1 aliphatic rings. The number of halogens is 1. The molecule has 28 heavy (non-hydrogen) atoms. The Kier molecular flexibility index (Phi) is 7.27. The van der Waals surface area contributed by atoms with Crippen LogP contribution in [0.25, 0.3) is 0 Å². The van der Waals surface area contributed by atoms with Crippen molar-refractivity contribution in [3.05, 3.63) is 70.2 Å². The monoisotopic (exact) mass is 398 g/mol. The zero-order valence-electron chi connectivity index (χ0n) is 16.3. The average molecular weight is 399 g/mol. The lowest BCUT2D eigenvalue weighted by Crippen LogP contribution is -2.15. The van der Waals surface area contributed by atoms with Crippen molar-refractivity contribution in [3.63, 3.8) is 0 Å². The van der Waals surface area contributed by atoms with E-state index in [2.05, 4.69) is 6.92 Å². The second-order valence-electron chi connectivity index (χ2n) is 7.61. The summed E-state index contributed by atoms with van der Waals surface area (Å²) in [6, 6.07) is 14.4. The van der Waals surface area contributed by atoms with Crippen molar-refractivity contribution in [2.24, 2.45) is 5.92 Å². The van der Waals surface area contributed by atoms with Crippen molar-refractivity contribution in [3.8, 4) is 0 Å². The van der Waals surface area contributed by atoms with Crippen molar-refractivity contribution < 1.29 is 14.3 Å². The van der Waals surface area contributed by atoms with Gasteiger partial charge in [0.15, 0.2) is 12.4 Å². The fraction of sp³-hybridized carbons (Fsp3) is 0.417. The van der Waals surface area contributed by atoms with Gasteiger partial charge in [-0.15, -0.1) is 0 Å². The molecule has 0 aliphatic heterocycles. The molecule has 0 N–H and O–H groups in total. The van der Waals surface area contributed by atoms with Gasteiger partial charge < -0.3 is 4.74 Å². The fourth-order valence-corrected chi connectivity index (χ4v) is 4.27. The van der Waals surface area contributed by atoms with Crippen LogP contribution in [0.1, 0.15) is 77.6 Å².